The Labute approximate surface area is 168 Å². The van der Waals surface area contributed by atoms with Crippen LogP contribution in [0.2, 0.25) is 0 Å². The van der Waals surface area contributed by atoms with Gasteiger partial charge in [-0.15, -0.1) is 0 Å². The molecule has 2 aromatic carbocycles. The van der Waals surface area contributed by atoms with Gasteiger partial charge in [0.05, 0.1) is 6.54 Å². The lowest BCUT2D eigenvalue weighted by molar-refractivity contribution is -0.126. The monoisotopic (exact) mass is 391 g/mol. The van der Waals surface area contributed by atoms with Crippen LogP contribution in [0.4, 0.5) is 16.2 Å². The Morgan fingerprint density at radius 2 is 1.79 bits per heavy atom. The lowest BCUT2D eigenvalue weighted by atomic mass is 9.98. The first-order valence-electron chi connectivity index (χ1n) is 9.52. The van der Waals surface area contributed by atoms with Gasteiger partial charge < -0.3 is 5.32 Å². The van der Waals surface area contributed by atoms with Gasteiger partial charge in [-0.05, 0) is 56.2 Å². The Morgan fingerprint density at radius 3 is 2.52 bits per heavy atom. The van der Waals surface area contributed by atoms with E-state index in [1.165, 1.54) is 4.90 Å². The number of ketones is 1. The molecule has 1 fully saturated rings. The predicted octanol–water partition coefficient (Wildman–Crippen LogP) is 2.92. The number of urea groups is 1. The Bertz CT molecular complexity index is 1030. The second-order valence-corrected chi connectivity index (χ2v) is 7.43. The highest BCUT2D eigenvalue weighted by atomic mass is 16.2. The average Bonchev–Trinajstić information content (AvgIpc) is 2.91. The molecule has 4 amide bonds. The zero-order valence-corrected chi connectivity index (χ0v) is 16.3. The quantitative estimate of drug-likeness (QED) is 0.641. The summed E-state index contributed by atoms with van der Waals surface area (Å²) in [5.41, 5.74) is 3.67. The minimum atomic E-state index is -0.670. The molecule has 2 heterocycles. The topological polar surface area (TPSA) is 86.8 Å². The van der Waals surface area contributed by atoms with Crippen molar-refractivity contribution < 1.29 is 19.2 Å². The van der Waals surface area contributed by atoms with Crippen LogP contribution in [0.15, 0.2) is 42.5 Å². The maximum atomic E-state index is 12.9. The summed E-state index contributed by atoms with van der Waals surface area (Å²) in [5, 5.41) is 2.77. The highest BCUT2D eigenvalue weighted by Crippen LogP contribution is 2.27. The Balaban J connectivity index is 1.54. The van der Waals surface area contributed by atoms with Crippen molar-refractivity contribution >= 4 is 35.0 Å². The van der Waals surface area contributed by atoms with Gasteiger partial charge in [-0.3, -0.25) is 24.2 Å². The standard InChI is InChI=1S/C22H21N3O4/c1-13-3-7-17(8-4-13)25-14(2)21(28)24(22(25)29)12-19(26)16-5-9-18-15(11-16)6-10-20(27)23-18/h3-5,7-9,11,14H,6,10,12H2,1-2H3,(H,23,27). The molecule has 4 rings (SSSR count). The summed E-state index contributed by atoms with van der Waals surface area (Å²) in [5.74, 6) is -0.756. The normalized spacial score (nSPS) is 18.7. The third kappa shape index (κ3) is 3.40. The molecule has 0 spiro atoms. The van der Waals surface area contributed by atoms with Gasteiger partial charge in [-0.25, -0.2) is 4.79 Å². The minimum Gasteiger partial charge on any atom is -0.326 e. The second kappa shape index (κ2) is 7.16. The number of carbonyl (C=O) groups excluding carboxylic acids is 4. The molecular formula is C22H21N3O4. The fraction of sp³-hybridized carbons (Fsp3) is 0.273. The van der Waals surface area contributed by atoms with Gasteiger partial charge in [-0.2, -0.15) is 0 Å². The van der Waals surface area contributed by atoms with Gasteiger partial charge in [0.2, 0.25) is 5.91 Å². The van der Waals surface area contributed by atoms with E-state index in [0.717, 1.165) is 16.0 Å². The van der Waals surface area contributed by atoms with E-state index >= 15 is 0 Å². The molecule has 7 heteroatoms. The smallest absolute Gasteiger partial charge is 0.326 e. The van der Waals surface area contributed by atoms with E-state index in [0.29, 0.717) is 29.8 Å². The molecule has 2 aromatic rings. The molecule has 29 heavy (non-hydrogen) atoms. The SMILES string of the molecule is Cc1ccc(N2C(=O)N(CC(=O)c3ccc4c(c3)CCC(=O)N4)C(=O)C2C)cc1. The number of rotatable bonds is 4. The molecule has 0 saturated carbocycles. The minimum absolute atomic E-state index is 0.0463. The van der Waals surface area contributed by atoms with Crippen LogP contribution >= 0.6 is 0 Å². The van der Waals surface area contributed by atoms with Crippen LogP contribution in [0, 0.1) is 6.92 Å². The van der Waals surface area contributed by atoms with Crippen LogP contribution in [-0.4, -0.2) is 41.1 Å². The number of fused-ring (bicyclic) bond motifs is 1. The van der Waals surface area contributed by atoms with Crippen molar-refractivity contribution in [3.05, 3.63) is 59.2 Å². The van der Waals surface area contributed by atoms with E-state index in [4.69, 9.17) is 0 Å². The molecule has 1 N–H and O–H groups in total. The molecule has 7 nitrogen and oxygen atoms in total. The van der Waals surface area contributed by atoms with E-state index in [1.807, 2.05) is 19.1 Å². The lowest BCUT2D eigenvalue weighted by Gasteiger charge is -2.20. The number of benzene rings is 2. The van der Waals surface area contributed by atoms with Gasteiger partial charge in [0, 0.05) is 23.4 Å². The predicted molar refractivity (Wildman–Crippen MR) is 108 cm³/mol. The Hall–Kier alpha value is -3.48. The average molecular weight is 391 g/mol. The second-order valence-electron chi connectivity index (χ2n) is 7.43. The maximum absolute atomic E-state index is 12.9. The van der Waals surface area contributed by atoms with Crippen LogP contribution in [0.25, 0.3) is 0 Å². The molecule has 2 aliphatic rings. The first-order chi connectivity index (χ1) is 13.8. The van der Waals surface area contributed by atoms with Crippen molar-refractivity contribution in [3.8, 4) is 0 Å². The number of anilines is 2. The van der Waals surface area contributed by atoms with Crippen LogP contribution in [0.1, 0.15) is 34.8 Å². The summed E-state index contributed by atoms with van der Waals surface area (Å²) in [6.07, 6.45) is 0.929. The van der Waals surface area contributed by atoms with Crippen molar-refractivity contribution in [3.63, 3.8) is 0 Å². The van der Waals surface area contributed by atoms with Crippen molar-refractivity contribution in [2.24, 2.45) is 0 Å². The van der Waals surface area contributed by atoms with E-state index in [-0.39, 0.29) is 18.2 Å². The van der Waals surface area contributed by atoms with Crippen molar-refractivity contribution in [1.82, 2.24) is 4.90 Å². The number of nitrogens with one attached hydrogen (secondary N) is 1. The van der Waals surface area contributed by atoms with Gasteiger partial charge in [0.25, 0.3) is 5.91 Å². The van der Waals surface area contributed by atoms with Gasteiger partial charge in [-0.1, -0.05) is 17.7 Å². The maximum Gasteiger partial charge on any atom is 0.332 e. The van der Waals surface area contributed by atoms with Crippen LogP contribution in [0.3, 0.4) is 0 Å². The molecule has 0 radical (unpaired) electrons. The van der Waals surface area contributed by atoms with Crippen molar-refractivity contribution in [2.45, 2.75) is 32.7 Å². The fourth-order valence-corrected chi connectivity index (χ4v) is 3.70. The number of nitrogens with zero attached hydrogens (tertiary/aromatic N) is 2. The lowest BCUT2D eigenvalue weighted by Crippen LogP contribution is -2.37. The number of hydrogen-bond donors (Lipinski definition) is 1. The largest absolute Gasteiger partial charge is 0.332 e. The summed E-state index contributed by atoms with van der Waals surface area (Å²) < 4.78 is 0. The van der Waals surface area contributed by atoms with Crippen LogP contribution in [-0.2, 0) is 16.0 Å². The van der Waals surface area contributed by atoms with Gasteiger partial charge >= 0.3 is 6.03 Å². The summed E-state index contributed by atoms with van der Waals surface area (Å²) in [4.78, 5) is 52.2. The summed E-state index contributed by atoms with van der Waals surface area (Å²) in [6, 6.07) is 11.2. The zero-order valence-electron chi connectivity index (χ0n) is 16.3. The molecule has 0 bridgehead atoms. The van der Waals surface area contributed by atoms with E-state index in [9.17, 15) is 19.2 Å². The van der Waals surface area contributed by atoms with E-state index in [2.05, 4.69) is 5.32 Å². The first-order valence-corrected chi connectivity index (χ1v) is 9.52. The Morgan fingerprint density at radius 1 is 1.07 bits per heavy atom. The third-order valence-electron chi connectivity index (χ3n) is 5.38. The highest BCUT2D eigenvalue weighted by Gasteiger charge is 2.44. The number of carbonyl (C=O) groups is 4. The number of hydrogen-bond acceptors (Lipinski definition) is 4. The number of aryl methyl sites for hydroxylation is 2. The number of amides is 4. The van der Waals surface area contributed by atoms with Gasteiger partial charge in [0.1, 0.15) is 6.04 Å². The van der Waals surface area contributed by atoms with Crippen LogP contribution < -0.4 is 10.2 Å². The molecule has 1 unspecified atom stereocenters. The molecule has 1 saturated heterocycles. The molecular weight excluding hydrogens is 370 g/mol. The van der Waals surface area contributed by atoms with E-state index < -0.39 is 18.0 Å². The summed E-state index contributed by atoms with van der Waals surface area (Å²) in [6.45, 7) is 3.29. The first kappa shape index (κ1) is 18.9. The van der Waals surface area contributed by atoms with Gasteiger partial charge in [0.15, 0.2) is 5.78 Å². The molecule has 1 atom stereocenters. The molecule has 0 aliphatic carbocycles. The molecule has 2 aliphatic heterocycles. The summed E-state index contributed by atoms with van der Waals surface area (Å²) in [7, 11) is 0. The highest BCUT2D eigenvalue weighted by molar-refractivity contribution is 6.16. The summed E-state index contributed by atoms with van der Waals surface area (Å²) >= 11 is 0. The number of Topliss-reactive ketones (excluding diaryl/α,β-unsaturated/α-hetero) is 1. The fourth-order valence-electron chi connectivity index (χ4n) is 3.70. The number of imide groups is 1. The molecule has 0 aromatic heterocycles. The Kier molecular flexibility index (Phi) is 4.66. The molecule has 148 valence electrons. The third-order valence-corrected chi connectivity index (χ3v) is 5.38. The van der Waals surface area contributed by atoms with Crippen molar-refractivity contribution in [2.75, 3.05) is 16.8 Å². The van der Waals surface area contributed by atoms with E-state index in [1.54, 1.807) is 37.3 Å². The zero-order chi connectivity index (χ0) is 20.7. The van der Waals surface area contributed by atoms with Crippen LogP contribution in [0.5, 0.6) is 0 Å². The van der Waals surface area contributed by atoms with Crippen molar-refractivity contribution in [1.29, 1.82) is 0 Å².